The van der Waals surface area contributed by atoms with E-state index in [1.165, 1.54) is 0 Å². The van der Waals surface area contributed by atoms with Crippen molar-refractivity contribution in [1.29, 1.82) is 0 Å². The van der Waals surface area contributed by atoms with Crippen LogP contribution in [0.4, 0.5) is 0 Å². The van der Waals surface area contributed by atoms with E-state index in [1.807, 2.05) is 0 Å². The van der Waals surface area contributed by atoms with E-state index >= 15 is 0 Å². The SMILES string of the molecule is CCCNC1(C(N)=O)CCCC(N2CCOC(C)(C)C2)C1. The Kier molecular flexibility index (Phi) is 5.28. The number of carbonyl (C=O) groups is 1. The van der Waals surface area contributed by atoms with Crippen molar-refractivity contribution in [3.63, 3.8) is 0 Å². The summed E-state index contributed by atoms with van der Waals surface area (Å²) in [5, 5.41) is 3.44. The fourth-order valence-corrected chi connectivity index (χ4v) is 3.76. The summed E-state index contributed by atoms with van der Waals surface area (Å²) in [4.78, 5) is 14.5. The third-order valence-electron chi connectivity index (χ3n) is 4.88. The first kappa shape index (κ1) is 16.7. The van der Waals surface area contributed by atoms with Crippen molar-refractivity contribution >= 4 is 5.91 Å². The van der Waals surface area contributed by atoms with Crippen LogP contribution in [-0.2, 0) is 9.53 Å². The van der Waals surface area contributed by atoms with Gasteiger partial charge in [-0.3, -0.25) is 9.69 Å². The predicted octanol–water partition coefficient (Wildman–Crippen LogP) is 1.26. The normalized spacial score (nSPS) is 33.8. The Bertz CT molecular complexity index is 373. The van der Waals surface area contributed by atoms with Crippen molar-refractivity contribution < 1.29 is 9.53 Å². The minimum atomic E-state index is -0.513. The lowest BCUT2D eigenvalue weighted by atomic mass is 9.77. The largest absolute Gasteiger partial charge is 0.373 e. The van der Waals surface area contributed by atoms with E-state index in [1.54, 1.807) is 0 Å². The molecule has 1 saturated carbocycles. The van der Waals surface area contributed by atoms with Gasteiger partial charge in [0.25, 0.3) is 0 Å². The highest BCUT2D eigenvalue weighted by molar-refractivity contribution is 5.84. The van der Waals surface area contributed by atoms with Crippen LogP contribution in [0.3, 0.4) is 0 Å². The van der Waals surface area contributed by atoms with Gasteiger partial charge >= 0.3 is 0 Å². The minimum absolute atomic E-state index is 0.0953. The Hall–Kier alpha value is -0.650. The van der Waals surface area contributed by atoms with Crippen LogP contribution in [0.15, 0.2) is 0 Å². The maximum atomic E-state index is 12.1. The molecular formula is C16H31N3O2. The standard InChI is InChI=1S/C16H31N3O2/c1-4-8-18-16(14(17)20)7-5-6-13(11-16)19-9-10-21-15(2,3)12-19/h13,18H,4-12H2,1-3H3,(H2,17,20). The van der Waals surface area contributed by atoms with Crippen LogP contribution in [-0.4, -0.2) is 54.2 Å². The Balaban J connectivity index is 2.06. The molecule has 1 saturated heterocycles. The first-order valence-corrected chi connectivity index (χ1v) is 8.31. The van der Waals surface area contributed by atoms with Gasteiger partial charge in [0.2, 0.25) is 5.91 Å². The zero-order valence-corrected chi connectivity index (χ0v) is 13.8. The first-order valence-electron chi connectivity index (χ1n) is 8.31. The van der Waals surface area contributed by atoms with Gasteiger partial charge < -0.3 is 15.8 Å². The van der Waals surface area contributed by atoms with E-state index < -0.39 is 5.54 Å². The van der Waals surface area contributed by atoms with Crippen molar-refractivity contribution in [2.75, 3.05) is 26.2 Å². The summed E-state index contributed by atoms with van der Waals surface area (Å²) in [5.41, 5.74) is 5.14. The third kappa shape index (κ3) is 3.96. The van der Waals surface area contributed by atoms with Gasteiger partial charge in [-0.1, -0.05) is 6.92 Å². The number of hydrogen-bond acceptors (Lipinski definition) is 4. The average molecular weight is 297 g/mol. The number of morpholine rings is 1. The quantitative estimate of drug-likeness (QED) is 0.802. The number of nitrogens with one attached hydrogen (secondary N) is 1. The molecule has 0 spiro atoms. The fourth-order valence-electron chi connectivity index (χ4n) is 3.76. The molecule has 1 aliphatic carbocycles. The molecule has 0 radical (unpaired) electrons. The summed E-state index contributed by atoms with van der Waals surface area (Å²) in [6, 6.07) is 0.429. The Morgan fingerprint density at radius 2 is 2.24 bits per heavy atom. The van der Waals surface area contributed by atoms with Crippen LogP contribution in [0.2, 0.25) is 0 Å². The highest BCUT2D eigenvalue weighted by Crippen LogP contribution is 2.33. The highest BCUT2D eigenvalue weighted by Gasteiger charge is 2.43. The van der Waals surface area contributed by atoms with Crippen LogP contribution in [0.25, 0.3) is 0 Å². The highest BCUT2D eigenvalue weighted by atomic mass is 16.5. The van der Waals surface area contributed by atoms with Crippen LogP contribution in [0.1, 0.15) is 52.9 Å². The summed E-state index contributed by atoms with van der Waals surface area (Å²) in [6.07, 6.45) is 4.93. The van der Waals surface area contributed by atoms with E-state index in [4.69, 9.17) is 10.5 Å². The smallest absolute Gasteiger partial charge is 0.237 e. The number of rotatable bonds is 5. The number of ether oxygens (including phenoxy) is 1. The minimum Gasteiger partial charge on any atom is -0.373 e. The van der Waals surface area contributed by atoms with E-state index in [0.29, 0.717) is 6.04 Å². The van der Waals surface area contributed by atoms with Crippen LogP contribution < -0.4 is 11.1 Å². The van der Waals surface area contributed by atoms with E-state index in [9.17, 15) is 4.79 Å². The molecule has 2 rings (SSSR count). The molecule has 0 bridgehead atoms. The Morgan fingerprint density at radius 3 is 2.86 bits per heavy atom. The predicted molar refractivity (Wildman–Crippen MR) is 84.1 cm³/mol. The second-order valence-electron chi connectivity index (χ2n) is 7.20. The Morgan fingerprint density at radius 1 is 1.48 bits per heavy atom. The Labute approximate surface area is 128 Å². The first-order chi connectivity index (χ1) is 9.88. The summed E-state index contributed by atoms with van der Waals surface area (Å²) in [5.74, 6) is -0.187. The lowest BCUT2D eigenvalue weighted by Gasteiger charge is -2.47. The van der Waals surface area contributed by atoms with Crippen molar-refractivity contribution in [3.05, 3.63) is 0 Å². The number of hydrogen-bond donors (Lipinski definition) is 2. The maximum absolute atomic E-state index is 12.1. The molecule has 5 nitrogen and oxygen atoms in total. The van der Waals surface area contributed by atoms with Crippen LogP contribution >= 0.6 is 0 Å². The molecule has 1 amide bonds. The molecule has 5 heteroatoms. The third-order valence-corrected chi connectivity index (χ3v) is 4.88. The second kappa shape index (κ2) is 6.63. The van der Waals surface area contributed by atoms with E-state index in [2.05, 4.69) is 31.0 Å². The van der Waals surface area contributed by atoms with Gasteiger partial charge in [0.05, 0.1) is 17.7 Å². The summed E-state index contributed by atoms with van der Waals surface area (Å²) < 4.78 is 5.80. The molecular weight excluding hydrogens is 266 g/mol. The van der Waals surface area contributed by atoms with Gasteiger partial charge in [-0.05, 0) is 52.5 Å². The van der Waals surface area contributed by atoms with E-state index in [0.717, 1.165) is 58.3 Å². The number of nitrogens with zero attached hydrogens (tertiary/aromatic N) is 1. The zero-order valence-electron chi connectivity index (χ0n) is 13.8. The fraction of sp³-hybridized carbons (Fsp3) is 0.938. The van der Waals surface area contributed by atoms with Gasteiger partial charge in [0.15, 0.2) is 0 Å². The molecule has 0 aromatic rings. The second-order valence-corrected chi connectivity index (χ2v) is 7.20. The monoisotopic (exact) mass is 297 g/mol. The molecule has 3 N–H and O–H groups in total. The molecule has 21 heavy (non-hydrogen) atoms. The molecule has 2 unspecified atom stereocenters. The van der Waals surface area contributed by atoms with Crippen molar-refractivity contribution in [2.45, 2.75) is 70.1 Å². The molecule has 2 atom stereocenters. The summed E-state index contributed by atoms with van der Waals surface area (Å²) in [6.45, 7) is 9.90. The number of carbonyl (C=O) groups excluding carboxylic acids is 1. The molecule has 2 aliphatic rings. The molecule has 1 heterocycles. The summed E-state index contributed by atoms with van der Waals surface area (Å²) >= 11 is 0. The van der Waals surface area contributed by atoms with Crippen molar-refractivity contribution in [2.24, 2.45) is 5.73 Å². The van der Waals surface area contributed by atoms with Gasteiger partial charge in [0.1, 0.15) is 0 Å². The summed E-state index contributed by atoms with van der Waals surface area (Å²) in [7, 11) is 0. The van der Waals surface area contributed by atoms with Crippen molar-refractivity contribution in [3.8, 4) is 0 Å². The lowest BCUT2D eigenvalue weighted by Crippen LogP contribution is -2.62. The lowest BCUT2D eigenvalue weighted by molar-refractivity contribution is -0.129. The van der Waals surface area contributed by atoms with Gasteiger partial charge in [-0.2, -0.15) is 0 Å². The molecule has 2 fully saturated rings. The molecule has 1 aliphatic heterocycles. The van der Waals surface area contributed by atoms with Gasteiger partial charge in [0, 0.05) is 19.1 Å². The van der Waals surface area contributed by atoms with Crippen LogP contribution in [0.5, 0.6) is 0 Å². The topological polar surface area (TPSA) is 67.6 Å². The number of amides is 1. The van der Waals surface area contributed by atoms with Gasteiger partial charge in [-0.25, -0.2) is 0 Å². The zero-order chi connectivity index (χ0) is 15.5. The maximum Gasteiger partial charge on any atom is 0.237 e. The van der Waals surface area contributed by atoms with E-state index in [-0.39, 0.29) is 11.5 Å². The number of primary amides is 1. The molecule has 122 valence electrons. The average Bonchev–Trinajstić information content (AvgIpc) is 2.44. The van der Waals surface area contributed by atoms with Gasteiger partial charge in [-0.15, -0.1) is 0 Å². The number of nitrogens with two attached hydrogens (primary N) is 1. The van der Waals surface area contributed by atoms with Crippen molar-refractivity contribution in [1.82, 2.24) is 10.2 Å². The molecule has 0 aromatic heterocycles. The van der Waals surface area contributed by atoms with Crippen LogP contribution in [0, 0.1) is 0 Å². The molecule has 0 aromatic carbocycles.